The molecule has 0 saturated carbocycles. The number of hydrogen-bond donors (Lipinski definition) is 2. The van der Waals surface area contributed by atoms with Gasteiger partial charge in [-0.3, -0.25) is 4.79 Å². The van der Waals surface area contributed by atoms with E-state index in [9.17, 15) is 4.79 Å². The zero-order valence-electron chi connectivity index (χ0n) is 12.6. The fourth-order valence-corrected chi connectivity index (χ4v) is 2.39. The molecule has 6 nitrogen and oxygen atoms in total. The fourth-order valence-electron chi connectivity index (χ4n) is 1.77. The molecule has 0 spiro atoms. The van der Waals surface area contributed by atoms with Crippen molar-refractivity contribution in [3.05, 3.63) is 33.8 Å². The average Bonchev–Trinajstić information content (AvgIpc) is 2.89. The van der Waals surface area contributed by atoms with Gasteiger partial charge in [0.15, 0.2) is 5.69 Å². The molecule has 2 aromatic rings. The number of nitrogens with one attached hydrogen (secondary N) is 2. The van der Waals surface area contributed by atoms with Gasteiger partial charge in [-0.15, -0.1) is 11.3 Å². The highest BCUT2D eigenvalue weighted by molar-refractivity contribution is 7.09. The molecule has 0 aromatic carbocycles. The molecule has 0 unspecified atom stereocenters. The third kappa shape index (κ3) is 3.75. The SMILES string of the molecule is CNc1cnc(C(C)C)nc1C(=O)NCc1csc(C)n1. The number of aromatic nitrogens is 3. The average molecular weight is 305 g/mol. The van der Waals surface area contributed by atoms with E-state index in [0.29, 0.717) is 23.8 Å². The molecule has 0 bridgehead atoms. The van der Waals surface area contributed by atoms with Gasteiger partial charge >= 0.3 is 0 Å². The van der Waals surface area contributed by atoms with Crippen LogP contribution in [0.5, 0.6) is 0 Å². The topological polar surface area (TPSA) is 79.8 Å². The first kappa shape index (κ1) is 15.4. The Hall–Kier alpha value is -2.02. The quantitative estimate of drug-likeness (QED) is 0.886. The zero-order chi connectivity index (χ0) is 15.4. The van der Waals surface area contributed by atoms with E-state index in [1.165, 1.54) is 0 Å². The van der Waals surface area contributed by atoms with Crippen LogP contribution in [0.3, 0.4) is 0 Å². The fraction of sp³-hybridized carbons (Fsp3) is 0.429. The molecular formula is C14H19N5OS. The van der Waals surface area contributed by atoms with Gasteiger partial charge in [0.05, 0.1) is 29.1 Å². The minimum Gasteiger partial charge on any atom is -0.385 e. The van der Waals surface area contributed by atoms with E-state index in [0.717, 1.165) is 10.7 Å². The van der Waals surface area contributed by atoms with Crippen molar-refractivity contribution < 1.29 is 4.79 Å². The number of aryl methyl sites for hydroxylation is 1. The van der Waals surface area contributed by atoms with Crippen molar-refractivity contribution in [2.45, 2.75) is 33.2 Å². The number of amides is 1. The first-order valence-electron chi connectivity index (χ1n) is 6.75. The Morgan fingerprint density at radius 1 is 1.38 bits per heavy atom. The lowest BCUT2D eigenvalue weighted by atomic mass is 10.2. The van der Waals surface area contributed by atoms with Crippen LogP contribution in [0.1, 0.15) is 46.8 Å². The Balaban J connectivity index is 2.15. The van der Waals surface area contributed by atoms with Crippen molar-refractivity contribution >= 4 is 22.9 Å². The van der Waals surface area contributed by atoms with Gasteiger partial charge in [-0.1, -0.05) is 13.8 Å². The normalized spacial score (nSPS) is 10.7. The third-order valence-corrected chi connectivity index (χ3v) is 3.73. The molecule has 2 heterocycles. The van der Waals surface area contributed by atoms with Gasteiger partial charge in [-0.25, -0.2) is 15.0 Å². The summed E-state index contributed by atoms with van der Waals surface area (Å²) in [4.78, 5) is 25.2. The number of rotatable bonds is 5. The highest BCUT2D eigenvalue weighted by atomic mass is 32.1. The second-order valence-corrected chi connectivity index (χ2v) is 6.00. The summed E-state index contributed by atoms with van der Waals surface area (Å²) >= 11 is 1.57. The van der Waals surface area contributed by atoms with Crippen molar-refractivity contribution in [3.63, 3.8) is 0 Å². The predicted molar refractivity (Wildman–Crippen MR) is 83.7 cm³/mol. The standard InChI is InChI=1S/C14H19N5OS/c1-8(2)13-16-6-11(15-4)12(19-13)14(20)17-5-10-7-21-9(3)18-10/h6-8,15H,5H2,1-4H3,(H,17,20). The summed E-state index contributed by atoms with van der Waals surface area (Å²) in [5.41, 5.74) is 1.84. The molecule has 0 saturated heterocycles. The predicted octanol–water partition coefficient (Wildman–Crippen LogP) is 2.34. The van der Waals surface area contributed by atoms with E-state index in [-0.39, 0.29) is 11.8 Å². The van der Waals surface area contributed by atoms with E-state index in [1.54, 1.807) is 24.6 Å². The highest BCUT2D eigenvalue weighted by Crippen LogP contribution is 2.16. The van der Waals surface area contributed by atoms with E-state index in [4.69, 9.17) is 0 Å². The Bertz CT molecular complexity index is 638. The molecule has 0 aliphatic rings. The monoisotopic (exact) mass is 305 g/mol. The number of carbonyl (C=O) groups excluding carboxylic acids is 1. The van der Waals surface area contributed by atoms with Crippen LogP contribution in [-0.2, 0) is 6.54 Å². The minimum atomic E-state index is -0.227. The van der Waals surface area contributed by atoms with E-state index in [2.05, 4.69) is 25.6 Å². The lowest BCUT2D eigenvalue weighted by Crippen LogP contribution is -2.25. The number of nitrogens with zero attached hydrogens (tertiary/aromatic N) is 3. The molecule has 0 fully saturated rings. The van der Waals surface area contributed by atoms with Gasteiger partial charge < -0.3 is 10.6 Å². The zero-order valence-corrected chi connectivity index (χ0v) is 13.4. The lowest BCUT2D eigenvalue weighted by molar-refractivity contribution is 0.0946. The maximum atomic E-state index is 12.3. The first-order valence-corrected chi connectivity index (χ1v) is 7.63. The van der Waals surface area contributed by atoms with E-state index in [1.807, 2.05) is 26.2 Å². The van der Waals surface area contributed by atoms with Crippen LogP contribution in [-0.4, -0.2) is 27.9 Å². The summed E-state index contributed by atoms with van der Waals surface area (Å²) in [7, 11) is 1.74. The minimum absolute atomic E-state index is 0.170. The van der Waals surface area contributed by atoms with Crippen molar-refractivity contribution in [2.75, 3.05) is 12.4 Å². The van der Waals surface area contributed by atoms with Crippen molar-refractivity contribution in [1.82, 2.24) is 20.3 Å². The maximum absolute atomic E-state index is 12.3. The Morgan fingerprint density at radius 2 is 2.14 bits per heavy atom. The molecule has 7 heteroatoms. The van der Waals surface area contributed by atoms with Crippen molar-refractivity contribution in [2.24, 2.45) is 0 Å². The van der Waals surface area contributed by atoms with Gasteiger partial charge in [0.25, 0.3) is 5.91 Å². The Morgan fingerprint density at radius 3 is 2.71 bits per heavy atom. The molecule has 0 atom stereocenters. The van der Waals surface area contributed by atoms with Gasteiger partial charge in [-0.05, 0) is 6.92 Å². The molecule has 0 radical (unpaired) electrons. The van der Waals surface area contributed by atoms with Crippen molar-refractivity contribution in [3.8, 4) is 0 Å². The van der Waals surface area contributed by atoms with E-state index >= 15 is 0 Å². The van der Waals surface area contributed by atoms with Gasteiger partial charge in [-0.2, -0.15) is 0 Å². The largest absolute Gasteiger partial charge is 0.385 e. The number of carbonyl (C=O) groups is 1. The smallest absolute Gasteiger partial charge is 0.272 e. The van der Waals surface area contributed by atoms with Crippen LogP contribution in [0.4, 0.5) is 5.69 Å². The molecule has 1 amide bonds. The summed E-state index contributed by atoms with van der Waals surface area (Å²) in [6.07, 6.45) is 1.64. The molecule has 2 rings (SSSR count). The van der Waals surface area contributed by atoms with Gasteiger partial charge in [0, 0.05) is 18.3 Å². The summed E-state index contributed by atoms with van der Waals surface area (Å²) in [6.45, 7) is 6.32. The van der Waals surface area contributed by atoms with Crippen LogP contribution >= 0.6 is 11.3 Å². The summed E-state index contributed by atoms with van der Waals surface area (Å²) in [5.74, 6) is 0.599. The van der Waals surface area contributed by atoms with E-state index < -0.39 is 0 Å². The van der Waals surface area contributed by atoms with Crippen LogP contribution in [0.25, 0.3) is 0 Å². The highest BCUT2D eigenvalue weighted by Gasteiger charge is 2.16. The van der Waals surface area contributed by atoms with Crippen LogP contribution in [0, 0.1) is 6.92 Å². The third-order valence-electron chi connectivity index (χ3n) is 2.90. The second kappa shape index (κ2) is 6.62. The molecule has 2 N–H and O–H groups in total. The van der Waals surface area contributed by atoms with Gasteiger partial charge in [0.2, 0.25) is 0 Å². The number of thiazole rings is 1. The Labute approximate surface area is 128 Å². The summed E-state index contributed by atoms with van der Waals surface area (Å²) in [5, 5.41) is 8.71. The molecule has 0 aliphatic carbocycles. The van der Waals surface area contributed by atoms with Gasteiger partial charge in [0.1, 0.15) is 5.82 Å². The molecule has 2 aromatic heterocycles. The summed E-state index contributed by atoms with van der Waals surface area (Å²) < 4.78 is 0. The number of anilines is 1. The lowest BCUT2D eigenvalue weighted by Gasteiger charge is -2.11. The Kier molecular flexibility index (Phi) is 4.85. The van der Waals surface area contributed by atoms with Crippen LogP contribution in [0.15, 0.2) is 11.6 Å². The van der Waals surface area contributed by atoms with Crippen molar-refractivity contribution in [1.29, 1.82) is 0 Å². The number of hydrogen-bond acceptors (Lipinski definition) is 6. The van der Waals surface area contributed by atoms with Crippen LogP contribution in [0.2, 0.25) is 0 Å². The molecule has 112 valence electrons. The second-order valence-electron chi connectivity index (χ2n) is 4.94. The molecular weight excluding hydrogens is 286 g/mol. The summed E-state index contributed by atoms with van der Waals surface area (Å²) in [6, 6.07) is 0. The molecule has 21 heavy (non-hydrogen) atoms. The van der Waals surface area contributed by atoms with Crippen LogP contribution < -0.4 is 10.6 Å². The first-order chi connectivity index (χ1) is 10.0. The molecule has 0 aliphatic heterocycles. The maximum Gasteiger partial charge on any atom is 0.272 e.